The molecule has 10 nitrogen and oxygen atoms in total. The molecule has 0 aliphatic heterocycles. The summed E-state index contributed by atoms with van der Waals surface area (Å²) < 4.78 is 10.2. The van der Waals surface area contributed by atoms with Crippen LogP contribution in [0.1, 0.15) is 28.7 Å². The minimum absolute atomic E-state index is 0.105. The van der Waals surface area contributed by atoms with Crippen molar-refractivity contribution in [2.45, 2.75) is 34.1 Å². The van der Waals surface area contributed by atoms with E-state index < -0.39 is 28.2 Å². The summed E-state index contributed by atoms with van der Waals surface area (Å²) in [5.41, 5.74) is 1.29. The Kier molecular flexibility index (Phi) is 6.27. The lowest BCUT2D eigenvalue weighted by Gasteiger charge is -2.11. The van der Waals surface area contributed by atoms with Crippen molar-refractivity contribution in [1.82, 2.24) is 0 Å². The van der Waals surface area contributed by atoms with Crippen molar-refractivity contribution < 1.29 is 28.9 Å². The van der Waals surface area contributed by atoms with E-state index in [-0.39, 0.29) is 22.9 Å². The predicted octanol–water partition coefficient (Wildman–Crippen LogP) is 3.64. The number of hydrogen-bond acceptors (Lipinski definition) is 8. The normalized spacial score (nSPS) is 10.3. The molecule has 0 heterocycles. The summed E-state index contributed by atoms with van der Waals surface area (Å²) in [4.78, 5) is 44.9. The third kappa shape index (κ3) is 4.72. The van der Waals surface area contributed by atoms with Gasteiger partial charge < -0.3 is 9.47 Å². The Hall–Kier alpha value is -3.82. The van der Waals surface area contributed by atoms with Crippen molar-refractivity contribution in [3.8, 4) is 11.5 Å². The highest BCUT2D eigenvalue weighted by molar-refractivity contribution is 5.93. The van der Waals surface area contributed by atoms with E-state index in [0.29, 0.717) is 22.3 Å². The van der Waals surface area contributed by atoms with E-state index >= 15 is 0 Å². The number of nitrogens with zero attached hydrogens (tertiary/aromatic N) is 2. The van der Waals surface area contributed by atoms with Crippen molar-refractivity contribution in [2.24, 2.45) is 0 Å². The maximum atomic E-state index is 12.0. The molecule has 0 aliphatic carbocycles. The van der Waals surface area contributed by atoms with Crippen molar-refractivity contribution in [1.29, 1.82) is 0 Å². The van der Waals surface area contributed by atoms with Gasteiger partial charge in [0.05, 0.1) is 9.85 Å². The number of hydrogen-bond donors (Lipinski definition) is 0. The van der Waals surface area contributed by atoms with E-state index in [1.165, 1.54) is 38.1 Å². The SMILES string of the molecule is Cc1c(OC(=O)CC(=O)Oc2ccc([N+](=O)[O-])c(C)c2C)ccc([N+](=O)[O-])c1C. The third-order valence-corrected chi connectivity index (χ3v) is 4.55. The molecule has 0 spiro atoms. The van der Waals surface area contributed by atoms with Crippen LogP contribution in [0.15, 0.2) is 24.3 Å². The van der Waals surface area contributed by atoms with Crippen molar-refractivity contribution in [3.63, 3.8) is 0 Å². The van der Waals surface area contributed by atoms with Gasteiger partial charge in [-0.3, -0.25) is 29.8 Å². The molecule has 2 rings (SSSR count). The lowest BCUT2D eigenvalue weighted by Crippen LogP contribution is -2.19. The van der Waals surface area contributed by atoms with Crippen molar-refractivity contribution in [2.75, 3.05) is 0 Å². The Bertz CT molecular complexity index is 948. The fourth-order valence-corrected chi connectivity index (χ4v) is 2.62. The number of esters is 2. The van der Waals surface area contributed by atoms with E-state index in [9.17, 15) is 29.8 Å². The maximum Gasteiger partial charge on any atom is 0.322 e. The molecule has 10 heteroatoms. The highest BCUT2D eigenvalue weighted by atomic mass is 16.6. The molecule has 0 bridgehead atoms. The molecule has 0 amide bonds. The minimum atomic E-state index is -0.900. The number of rotatable bonds is 6. The van der Waals surface area contributed by atoms with Gasteiger partial charge >= 0.3 is 11.9 Å². The van der Waals surface area contributed by atoms with Crippen LogP contribution < -0.4 is 9.47 Å². The van der Waals surface area contributed by atoms with Crippen LogP contribution in [0.5, 0.6) is 11.5 Å². The first kappa shape index (κ1) is 21.5. The van der Waals surface area contributed by atoms with Crippen molar-refractivity contribution >= 4 is 23.3 Å². The molecule has 0 atom stereocenters. The molecular formula is C19H18N2O8. The summed E-state index contributed by atoms with van der Waals surface area (Å²) in [6.45, 7) is 6.18. The molecule has 0 radical (unpaired) electrons. The molecule has 0 fully saturated rings. The quantitative estimate of drug-likeness (QED) is 0.235. The van der Waals surface area contributed by atoms with Gasteiger partial charge in [0.15, 0.2) is 0 Å². The number of benzene rings is 2. The van der Waals surface area contributed by atoms with Crippen LogP contribution in [0.3, 0.4) is 0 Å². The number of carbonyl (C=O) groups is 2. The lowest BCUT2D eigenvalue weighted by atomic mass is 10.1. The third-order valence-electron chi connectivity index (χ3n) is 4.55. The van der Waals surface area contributed by atoms with Gasteiger partial charge in [-0.1, -0.05) is 0 Å². The zero-order valence-corrected chi connectivity index (χ0v) is 16.2. The molecule has 0 unspecified atom stereocenters. The van der Waals surface area contributed by atoms with Gasteiger partial charge in [0.2, 0.25) is 0 Å². The average molecular weight is 402 g/mol. The molecule has 0 N–H and O–H groups in total. The summed E-state index contributed by atoms with van der Waals surface area (Å²) in [5, 5.41) is 21.9. The molecule has 152 valence electrons. The van der Waals surface area contributed by atoms with E-state index in [4.69, 9.17) is 9.47 Å². The van der Waals surface area contributed by atoms with Gasteiger partial charge in [-0.05, 0) is 39.8 Å². The van der Waals surface area contributed by atoms with Crippen molar-refractivity contribution in [3.05, 3.63) is 66.7 Å². The highest BCUT2D eigenvalue weighted by Gasteiger charge is 2.21. The van der Waals surface area contributed by atoms with E-state index in [0.717, 1.165) is 0 Å². The topological polar surface area (TPSA) is 139 Å². The molecule has 29 heavy (non-hydrogen) atoms. The Morgan fingerprint density at radius 3 is 1.38 bits per heavy atom. The number of nitro groups is 2. The second kappa shape index (κ2) is 8.46. The second-order valence-electron chi connectivity index (χ2n) is 6.30. The summed E-state index contributed by atoms with van der Waals surface area (Å²) in [7, 11) is 0. The van der Waals surface area contributed by atoms with Gasteiger partial charge in [-0.25, -0.2) is 0 Å². The van der Waals surface area contributed by atoms with E-state index in [1.807, 2.05) is 0 Å². The predicted molar refractivity (Wildman–Crippen MR) is 101 cm³/mol. The number of carbonyl (C=O) groups excluding carboxylic acids is 2. The summed E-state index contributed by atoms with van der Waals surface area (Å²) in [6, 6.07) is 5.00. The molecule has 0 aliphatic rings. The average Bonchev–Trinajstić information content (AvgIpc) is 2.62. The fraction of sp³-hybridized carbons (Fsp3) is 0.263. The molecular weight excluding hydrogens is 384 g/mol. The molecule has 0 saturated heterocycles. The molecule has 2 aromatic carbocycles. The summed E-state index contributed by atoms with van der Waals surface area (Å²) >= 11 is 0. The Morgan fingerprint density at radius 2 is 1.07 bits per heavy atom. The zero-order chi connectivity index (χ0) is 21.9. The summed E-state index contributed by atoms with van der Waals surface area (Å²) in [5.74, 6) is -1.59. The zero-order valence-electron chi connectivity index (χ0n) is 16.2. The van der Waals surface area contributed by atoms with Gasteiger partial charge in [-0.15, -0.1) is 0 Å². The van der Waals surface area contributed by atoms with E-state index in [1.54, 1.807) is 13.8 Å². The smallest absolute Gasteiger partial charge is 0.322 e. The van der Waals surface area contributed by atoms with Crippen LogP contribution >= 0.6 is 0 Å². The highest BCUT2D eigenvalue weighted by Crippen LogP contribution is 2.30. The molecule has 0 saturated carbocycles. The number of nitro benzene ring substituents is 2. The first-order valence-electron chi connectivity index (χ1n) is 8.43. The Morgan fingerprint density at radius 1 is 0.724 bits per heavy atom. The maximum absolute atomic E-state index is 12.0. The van der Waals surface area contributed by atoms with Gasteiger partial charge in [0.25, 0.3) is 11.4 Å². The first-order chi connectivity index (χ1) is 13.5. The fourth-order valence-electron chi connectivity index (χ4n) is 2.62. The second-order valence-corrected chi connectivity index (χ2v) is 6.30. The Labute approximate surface area is 165 Å². The minimum Gasteiger partial charge on any atom is -0.426 e. The number of ether oxygens (including phenoxy) is 2. The lowest BCUT2D eigenvalue weighted by molar-refractivity contribution is -0.385. The Balaban J connectivity index is 2.08. The standard InChI is InChI=1S/C19H18N2O8/c1-10-12(3)16(7-5-14(10)20(24)25)28-18(22)9-19(23)29-17-8-6-15(21(26)27)11(2)13(17)4/h5-8H,9H2,1-4H3. The van der Waals surface area contributed by atoms with Gasteiger partial charge in [0, 0.05) is 34.4 Å². The van der Waals surface area contributed by atoms with Crippen LogP contribution in [-0.4, -0.2) is 21.8 Å². The monoisotopic (exact) mass is 402 g/mol. The van der Waals surface area contributed by atoms with Gasteiger partial charge in [-0.2, -0.15) is 0 Å². The van der Waals surface area contributed by atoms with Crippen LogP contribution in [0, 0.1) is 47.9 Å². The molecule has 0 aromatic heterocycles. The van der Waals surface area contributed by atoms with Crippen LogP contribution in [0.4, 0.5) is 11.4 Å². The van der Waals surface area contributed by atoms with Gasteiger partial charge in [0.1, 0.15) is 17.9 Å². The summed E-state index contributed by atoms with van der Waals surface area (Å²) in [6.07, 6.45) is -0.703. The largest absolute Gasteiger partial charge is 0.426 e. The first-order valence-corrected chi connectivity index (χ1v) is 8.43. The van der Waals surface area contributed by atoms with E-state index in [2.05, 4.69) is 0 Å². The van der Waals surface area contributed by atoms with Crippen LogP contribution in [-0.2, 0) is 9.59 Å². The van der Waals surface area contributed by atoms with Crippen LogP contribution in [0.25, 0.3) is 0 Å². The molecule has 2 aromatic rings. The van der Waals surface area contributed by atoms with Crippen LogP contribution in [0.2, 0.25) is 0 Å².